The average Bonchev–Trinajstić information content (AvgIpc) is 2.47. The highest BCUT2D eigenvalue weighted by Gasteiger charge is 1.98. The third kappa shape index (κ3) is 15.9. The van der Waals surface area contributed by atoms with Gasteiger partial charge in [0.2, 0.25) is 0 Å². The summed E-state index contributed by atoms with van der Waals surface area (Å²) in [6.07, 6.45) is 16.5. The summed E-state index contributed by atoms with van der Waals surface area (Å²) in [5, 5.41) is 8.61. The summed E-state index contributed by atoms with van der Waals surface area (Å²) in [6, 6.07) is 0.0346. The van der Waals surface area contributed by atoms with Gasteiger partial charge in [-0.05, 0) is 13.3 Å². The molecular weight excluding hydrogens is 250 g/mol. The number of hydrogen-bond acceptors (Lipinski definition) is 3. The maximum absolute atomic E-state index is 8.61. The lowest BCUT2D eigenvalue weighted by molar-refractivity contribution is 0.0547. The van der Waals surface area contributed by atoms with Gasteiger partial charge in [0.05, 0.1) is 12.6 Å². The lowest BCUT2D eigenvalue weighted by Gasteiger charge is -2.09. The van der Waals surface area contributed by atoms with E-state index in [4.69, 9.17) is 9.94 Å². The molecule has 0 rings (SSSR count). The minimum Gasteiger partial charge on any atom is -0.380 e. The quantitative estimate of drug-likeness (QED) is 0.307. The number of nitrogens with one attached hydrogen (secondary N) is 1. The predicted octanol–water partition coefficient (Wildman–Crippen LogP) is 5.07. The first-order valence-corrected chi connectivity index (χ1v) is 8.78. The molecule has 0 aliphatic rings. The summed E-state index contributed by atoms with van der Waals surface area (Å²) < 4.78 is 5.46. The van der Waals surface area contributed by atoms with Gasteiger partial charge in [-0.3, -0.25) is 0 Å². The van der Waals surface area contributed by atoms with Gasteiger partial charge < -0.3 is 9.94 Å². The highest BCUT2D eigenvalue weighted by molar-refractivity contribution is 4.51. The van der Waals surface area contributed by atoms with Crippen LogP contribution in [0.25, 0.3) is 0 Å². The minimum absolute atomic E-state index is 0.0346. The normalized spacial score (nSPS) is 12.8. The summed E-state index contributed by atoms with van der Waals surface area (Å²) in [5.41, 5.74) is 2.19. The van der Waals surface area contributed by atoms with Crippen molar-refractivity contribution < 1.29 is 9.94 Å². The fourth-order valence-electron chi connectivity index (χ4n) is 2.34. The van der Waals surface area contributed by atoms with E-state index in [0.29, 0.717) is 6.61 Å². The molecule has 3 heteroatoms. The highest BCUT2D eigenvalue weighted by atomic mass is 16.5. The van der Waals surface area contributed by atoms with Crippen LogP contribution in [0.3, 0.4) is 0 Å². The number of unbranched alkanes of at least 4 members (excludes halogenated alkanes) is 11. The van der Waals surface area contributed by atoms with Gasteiger partial charge >= 0.3 is 0 Å². The molecule has 0 aromatic carbocycles. The van der Waals surface area contributed by atoms with Gasteiger partial charge in [0.1, 0.15) is 0 Å². The molecule has 1 unspecified atom stereocenters. The second-order valence-electron chi connectivity index (χ2n) is 5.99. The first-order chi connectivity index (χ1) is 9.81. The van der Waals surface area contributed by atoms with E-state index in [1.54, 1.807) is 0 Å². The van der Waals surface area contributed by atoms with E-state index >= 15 is 0 Å². The lowest BCUT2D eigenvalue weighted by atomic mass is 10.1. The highest BCUT2D eigenvalue weighted by Crippen LogP contribution is 2.11. The van der Waals surface area contributed by atoms with Gasteiger partial charge in [-0.15, -0.1) is 0 Å². The number of ether oxygens (including phenoxy) is 1. The smallest absolute Gasteiger partial charge is 0.0639 e. The largest absolute Gasteiger partial charge is 0.380 e. The van der Waals surface area contributed by atoms with Crippen LogP contribution < -0.4 is 5.48 Å². The maximum atomic E-state index is 8.61. The Labute approximate surface area is 126 Å². The zero-order valence-corrected chi connectivity index (χ0v) is 13.8. The Morgan fingerprint density at radius 1 is 0.800 bits per heavy atom. The monoisotopic (exact) mass is 287 g/mol. The SMILES string of the molecule is CCCCCCCCCCCCCCOCC(C)NO. The van der Waals surface area contributed by atoms with Crippen molar-refractivity contribution in [1.29, 1.82) is 0 Å². The molecular formula is C17H37NO2. The van der Waals surface area contributed by atoms with Crippen molar-refractivity contribution in [2.45, 2.75) is 96.9 Å². The molecule has 0 fully saturated rings. The lowest BCUT2D eigenvalue weighted by Crippen LogP contribution is -2.27. The fourth-order valence-corrected chi connectivity index (χ4v) is 2.34. The first kappa shape index (κ1) is 19.9. The number of rotatable bonds is 16. The van der Waals surface area contributed by atoms with Crippen molar-refractivity contribution in [3.63, 3.8) is 0 Å². The van der Waals surface area contributed by atoms with Crippen LogP contribution in [-0.4, -0.2) is 24.5 Å². The van der Waals surface area contributed by atoms with Gasteiger partial charge in [0.15, 0.2) is 0 Å². The van der Waals surface area contributed by atoms with E-state index in [9.17, 15) is 0 Å². The van der Waals surface area contributed by atoms with Gasteiger partial charge in [-0.25, -0.2) is 5.48 Å². The Balaban J connectivity index is 2.96. The zero-order chi connectivity index (χ0) is 14.9. The van der Waals surface area contributed by atoms with Crippen molar-refractivity contribution >= 4 is 0 Å². The summed E-state index contributed by atoms with van der Waals surface area (Å²) in [6.45, 7) is 5.59. The van der Waals surface area contributed by atoms with Crippen molar-refractivity contribution in [2.75, 3.05) is 13.2 Å². The average molecular weight is 287 g/mol. The second kappa shape index (κ2) is 16.9. The minimum atomic E-state index is 0.0346. The van der Waals surface area contributed by atoms with Gasteiger partial charge in [0.25, 0.3) is 0 Å². The Hall–Kier alpha value is -0.120. The molecule has 0 aromatic heterocycles. The Bertz CT molecular complexity index is 176. The number of hydrogen-bond donors (Lipinski definition) is 2. The van der Waals surface area contributed by atoms with Gasteiger partial charge in [-0.1, -0.05) is 77.6 Å². The Kier molecular flexibility index (Phi) is 16.8. The Morgan fingerprint density at radius 2 is 1.25 bits per heavy atom. The molecule has 0 aliphatic heterocycles. The van der Waals surface area contributed by atoms with Crippen LogP contribution in [-0.2, 0) is 4.74 Å². The van der Waals surface area contributed by atoms with Crippen molar-refractivity contribution in [3.05, 3.63) is 0 Å². The molecule has 1 atom stereocenters. The van der Waals surface area contributed by atoms with E-state index < -0.39 is 0 Å². The molecule has 0 saturated carbocycles. The van der Waals surface area contributed by atoms with Crippen LogP contribution in [0.15, 0.2) is 0 Å². The molecule has 0 spiro atoms. The maximum Gasteiger partial charge on any atom is 0.0639 e. The van der Waals surface area contributed by atoms with E-state index in [1.807, 2.05) is 6.92 Å². The molecule has 0 radical (unpaired) electrons. The van der Waals surface area contributed by atoms with Crippen molar-refractivity contribution in [3.8, 4) is 0 Å². The van der Waals surface area contributed by atoms with Crippen molar-refractivity contribution in [2.24, 2.45) is 0 Å². The summed E-state index contributed by atoms with van der Waals surface area (Å²) in [5.74, 6) is 0. The molecule has 0 aliphatic carbocycles. The van der Waals surface area contributed by atoms with E-state index in [-0.39, 0.29) is 6.04 Å². The summed E-state index contributed by atoms with van der Waals surface area (Å²) in [7, 11) is 0. The molecule has 122 valence electrons. The van der Waals surface area contributed by atoms with Crippen molar-refractivity contribution in [1.82, 2.24) is 5.48 Å². The molecule has 2 N–H and O–H groups in total. The molecule has 0 bridgehead atoms. The molecule has 20 heavy (non-hydrogen) atoms. The fraction of sp³-hybridized carbons (Fsp3) is 1.00. The molecule has 0 heterocycles. The number of hydroxylamine groups is 1. The summed E-state index contributed by atoms with van der Waals surface area (Å²) >= 11 is 0. The van der Waals surface area contributed by atoms with E-state index in [1.165, 1.54) is 70.6 Å². The molecule has 0 amide bonds. The predicted molar refractivity (Wildman–Crippen MR) is 86.3 cm³/mol. The van der Waals surface area contributed by atoms with Crippen LogP contribution in [0.2, 0.25) is 0 Å². The summed E-state index contributed by atoms with van der Waals surface area (Å²) in [4.78, 5) is 0. The molecule has 0 saturated heterocycles. The topological polar surface area (TPSA) is 41.5 Å². The third-order valence-corrected chi connectivity index (χ3v) is 3.73. The Morgan fingerprint density at radius 3 is 1.70 bits per heavy atom. The first-order valence-electron chi connectivity index (χ1n) is 8.78. The zero-order valence-electron chi connectivity index (χ0n) is 13.8. The van der Waals surface area contributed by atoms with Crippen LogP contribution >= 0.6 is 0 Å². The van der Waals surface area contributed by atoms with Crippen LogP contribution in [0, 0.1) is 0 Å². The second-order valence-corrected chi connectivity index (χ2v) is 5.99. The van der Waals surface area contributed by atoms with Gasteiger partial charge in [0, 0.05) is 6.61 Å². The van der Waals surface area contributed by atoms with Crippen LogP contribution in [0.4, 0.5) is 0 Å². The van der Waals surface area contributed by atoms with E-state index in [2.05, 4.69) is 12.4 Å². The molecule has 0 aromatic rings. The van der Waals surface area contributed by atoms with Crippen LogP contribution in [0.1, 0.15) is 90.9 Å². The van der Waals surface area contributed by atoms with E-state index in [0.717, 1.165) is 13.0 Å². The van der Waals surface area contributed by atoms with Gasteiger partial charge in [-0.2, -0.15) is 0 Å². The third-order valence-electron chi connectivity index (χ3n) is 3.73. The standard InChI is InChI=1S/C17H37NO2/c1-3-4-5-6-7-8-9-10-11-12-13-14-15-20-16-17(2)18-19/h17-19H,3-16H2,1-2H3. The molecule has 3 nitrogen and oxygen atoms in total. The van der Waals surface area contributed by atoms with Crippen LogP contribution in [0.5, 0.6) is 0 Å².